The van der Waals surface area contributed by atoms with Gasteiger partial charge in [0.15, 0.2) is 0 Å². The molecule has 0 heterocycles. The summed E-state index contributed by atoms with van der Waals surface area (Å²) in [6.45, 7) is 0. The Labute approximate surface area is 137 Å². The highest BCUT2D eigenvalue weighted by Crippen LogP contribution is 2.16. The number of nitro groups is 2. The summed E-state index contributed by atoms with van der Waals surface area (Å²) in [5, 5.41) is 30.3. The molecule has 0 spiro atoms. The first-order chi connectivity index (χ1) is 11.5. The van der Waals surface area contributed by atoms with E-state index in [0.717, 1.165) is 0 Å². The van der Waals surface area contributed by atoms with Crippen molar-refractivity contribution in [2.75, 3.05) is 0 Å². The predicted molar refractivity (Wildman–Crippen MR) is 88.8 cm³/mol. The molecule has 0 N–H and O–H groups in total. The number of rotatable bonds is 5. The number of nitriles is 1. The van der Waals surface area contributed by atoms with Gasteiger partial charge in [0.25, 0.3) is 11.4 Å². The molecule has 2 aromatic rings. The van der Waals surface area contributed by atoms with E-state index >= 15 is 0 Å². The number of nitro benzene ring substituents is 2. The van der Waals surface area contributed by atoms with Gasteiger partial charge in [-0.25, -0.2) is 0 Å². The Bertz CT molecular complexity index is 860. The van der Waals surface area contributed by atoms with E-state index < -0.39 is 9.85 Å². The lowest BCUT2D eigenvalue weighted by Gasteiger charge is -1.96. The van der Waals surface area contributed by atoms with E-state index in [0.29, 0.717) is 16.7 Å². The molecule has 0 aliphatic carbocycles. The zero-order chi connectivity index (χ0) is 17.5. The molecule has 7 heteroatoms. The van der Waals surface area contributed by atoms with Crippen molar-refractivity contribution in [3.63, 3.8) is 0 Å². The van der Waals surface area contributed by atoms with E-state index in [2.05, 4.69) is 0 Å². The summed E-state index contributed by atoms with van der Waals surface area (Å²) in [7, 11) is 0. The number of hydrogen-bond acceptors (Lipinski definition) is 5. The van der Waals surface area contributed by atoms with E-state index in [1.165, 1.54) is 24.3 Å². The van der Waals surface area contributed by atoms with E-state index in [1.54, 1.807) is 42.5 Å². The number of nitrogens with zero attached hydrogens (tertiary/aromatic N) is 3. The molecule has 0 saturated carbocycles. The fraction of sp³-hybridized carbons (Fsp3) is 0. The maximum atomic E-state index is 10.6. The highest BCUT2D eigenvalue weighted by Gasteiger charge is 2.04. The van der Waals surface area contributed by atoms with Crippen molar-refractivity contribution in [2.45, 2.75) is 0 Å². The van der Waals surface area contributed by atoms with Crippen molar-refractivity contribution in [1.82, 2.24) is 0 Å². The van der Waals surface area contributed by atoms with Gasteiger partial charge in [-0.2, -0.15) is 5.26 Å². The van der Waals surface area contributed by atoms with Crippen LogP contribution in [0.3, 0.4) is 0 Å². The standard InChI is InChI=1S/C17H11N3O4/c18-12-15(11-14-5-9-17(10-6-14)20(23)24)2-1-13-3-7-16(8-4-13)19(21)22/h1-11H/b2-1+,15-11+. The maximum absolute atomic E-state index is 10.6. The van der Waals surface area contributed by atoms with Crippen LogP contribution in [-0.4, -0.2) is 9.85 Å². The second kappa shape index (κ2) is 7.47. The minimum absolute atomic E-state index is 0.00548. The molecule has 0 fully saturated rings. The molecule has 0 unspecified atom stereocenters. The molecule has 0 aliphatic rings. The Morgan fingerprint density at radius 1 is 0.875 bits per heavy atom. The van der Waals surface area contributed by atoms with Gasteiger partial charge in [-0.1, -0.05) is 6.08 Å². The highest BCUT2D eigenvalue weighted by molar-refractivity contribution is 5.66. The molecule has 0 aromatic heterocycles. The molecule has 118 valence electrons. The molecule has 2 rings (SSSR count). The average molecular weight is 321 g/mol. The lowest BCUT2D eigenvalue weighted by atomic mass is 10.1. The number of allylic oxidation sites excluding steroid dienone is 2. The zero-order valence-electron chi connectivity index (χ0n) is 12.3. The SMILES string of the molecule is N#CC(/C=C/c1ccc([N+](=O)[O-])cc1)=C/c1ccc([N+](=O)[O-])cc1. The van der Waals surface area contributed by atoms with Crippen LogP contribution in [0.4, 0.5) is 11.4 Å². The highest BCUT2D eigenvalue weighted by atomic mass is 16.6. The van der Waals surface area contributed by atoms with Gasteiger partial charge in [0.2, 0.25) is 0 Å². The molecule has 0 radical (unpaired) electrons. The van der Waals surface area contributed by atoms with Crippen LogP contribution >= 0.6 is 0 Å². The topological polar surface area (TPSA) is 110 Å². The van der Waals surface area contributed by atoms with Crippen molar-refractivity contribution < 1.29 is 9.85 Å². The molecule has 0 saturated heterocycles. The summed E-state index contributed by atoms with van der Waals surface area (Å²) in [6, 6.07) is 13.8. The number of non-ortho nitro benzene ring substituents is 2. The molecule has 24 heavy (non-hydrogen) atoms. The van der Waals surface area contributed by atoms with Crippen molar-refractivity contribution in [3.05, 3.63) is 91.5 Å². The second-order valence-corrected chi connectivity index (χ2v) is 4.74. The van der Waals surface area contributed by atoms with Crippen LogP contribution in [-0.2, 0) is 0 Å². The Hall–Kier alpha value is -3.79. The van der Waals surface area contributed by atoms with Gasteiger partial charge in [-0.05, 0) is 47.5 Å². The van der Waals surface area contributed by atoms with Gasteiger partial charge in [0.05, 0.1) is 21.5 Å². The first kappa shape index (κ1) is 16.6. The van der Waals surface area contributed by atoms with Crippen LogP contribution in [0.2, 0.25) is 0 Å². The molecule has 0 atom stereocenters. The van der Waals surface area contributed by atoms with E-state index in [9.17, 15) is 20.2 Å². The van der Waals surface area contributed by atoms with Gasteiger partial charge < -0.3 is 0 Å². The third-order valence-electron chi connectivity index (χ3n) is 3.11. The summed E-state index contributed by atoms with van der Waals surface area (Å²) >= 11 is 0. The van der Waals surface area contributed by atoms with Crippen molar-refractivity contribution in [3.8, 4) is 6.07 Å². The molecule has 0 amide bonds. The van der Waals surface area contributed by atoms with Crippen molar-refractivity contribution >= 4 is 23.5 Å². The summed E-state index contributed by atoms with van der Waals surface area (Å²) in [5.74, 6) is 0. The monoisotopic (exact) mass is 321 g/mol. The first-order valence-electron chi connectivity index (χ1n) is 6.78. The van der Waals surface area contributed by atoms with Gasteiger partial charge in [0.1, 0.15) is 0 Å². The maximum Gasteiger partial charge on any atom is 0.269 e. The van der Waals surface area contributed by atoms with Crippen LogP contribution in [0, 0.1) is 31.6 Å². The summed E-state index contributed by atoms with van der Waals surface area (Å²) in [4.78, 5) is 20.2. The molecule has 0 aliphatic heterocycles. The summed E-state index contributed by atoms with van der Waals surface area (Å²) in [5.41, 5.74) is 1.69. The Morgan fingerprint density at radius 2 is 1.33 bits per heavy atom. The quantitative estimate of drug-likeness (QED) is 0.356. The van der Waals surface area contributed by atoms with Gasteiger partial charge in [-0.3, -0.25) is 20.2 Å². The van der Waals surface area contributed by atoms with Crippen LogP contribution in [0.15, 0.2) is 60.2 Å². The molecule has 7 nitrogen and oxygen atoms in total. The Kier molecular flexibility index (Phi) is 5.16. The van der Waals surface area contributed by atoms with E-state index in [1.807, 2.05) is 6.07 Å². The largest absolute Gasteiger partial charge is 0.269 e. The summed E-state index contributed by atoms with van der Waals surface area (Å²) in [6.07, 6.45) is 4.82. The molecular formula is C17H11N3O4. The number of benzene rings is 2. The predicted octanol–water partition coefficient (Wildman–Crippen LogP) is 4.12. The Morgan fingerprint density at radius 3 is 1.75 bits per heavy atom. The van der Waals surface area contributed by atoms with Gasteiger partial charge in [-0.15, -0.1) is 0 Å². The van der Waals surface area contributed by atoms with E-state index in [-0.39, 0.29) is 11.4 Å². The summed E-state index contributed by atoms with van der Waals surface area (Å²) < 4.78 is 0. The second-order valence-electron chi connectivity index (χ2n) is 4.74. The third-order valence-corrected chi connectivity index (χ3v) is 3.11. The fourth-order valence-electron chi connectivity index (χ4n) is 1.88. The van der Waals surface area contributed by atoms with E-state index in [4.69, 9.17) is 5.26 Å². The van der Waals surface area contributed by atoms with Crippen LogP contribution < -0.4 is 0 Å². The molecular weight excluding hydrogens is 310 g/mol. The lowest BCUT2D eigenvalue weighted by Crippen LogP contribution is -1.87. The normalized spacial score (nSPS) is 11.2. The zero-order valence-corrected chi connectivity index (χ0v) is 12.3. The molecule has 0 bridgehead atoms. The number of hydrogen-bond donors (Lipinski definition) is 0. The lowest BCUT2D eigenvalue weighted by molar-refractivity contribution is -0.385. The first-order valence-corrected chi connectivity index (χ1v) is 6.78. The van der Waals surface area contributed by atoms with Crippen molar-refractivity contribution in [1.29, 1.82) is 5.26 Å². The van der Waals surface area contributed by atoms with Gasteiger partial charge >= 0.3 is 0 Å². The van der Waals surface area contributed by atoms with Crippen molar-refractivity contribution in [2.24, 2.45) is 0 Å². The van der Waals surface area contributed by atoms with Gasteiger partial charge in [0, 0.05) is 24.3 Å². The minimum Gasteiger partial charge on any atom is -0.258 e. The fourth-order valence-corrected chi connectivity index (χ4v) is 1.88. The molecule has 2 aromatic carbocycles. The average Bonchev–Trinajstić information content (AvgIpc) is 2.59. The minimum atomic E-state index is -0.493. The van der Waals surface area contributed by atoms with Crippen LogP contribution in [0.25, 0.3) is 12.2 Å². The smallest absolute Gasteiger partial charge is 0.258 e. The van der Waals surface area contributed by atoms with Crippen LogP contribution in [0.5, 0.6) is 0 Å². The van der Waals surface area contributed by atoms with Crippen LogP contribution in [0.1, 0.15) is 11.1 Å². The third kappa shape index (κ3) is 4.35. The Balaban J connectivity index is 2.17.